The Morgan fingerprint density at radius 3 is 1.94 bits per heavy atom. The summed E-state index contributed by atoms with van der Waals surface area (Å²) < 4.78 is 0. The fraction of sp³-hybridized carbons (Fsp3) is 1.00. The quantitative estimate of drug-likeness (QED) is 0.773. The normalized spacial score (nSPS) is 44.8. The zero-order chi connectivity index (χ0) is 12.4. The first kappa shape index (κ1) is 13.0. The Morgan fingerprint density at radius 1 is 0.667 bits per heavy atom. The summed E-state index contributed by atoms with van der Waals surface area (Å²) in [5.41, 5.74) is 5.79. The summed E-state index contributed by atoms with van der Waals surface area (Å²) in [5.74, 6) is 5.27. The van der Waals surface area contributed by atoms with Gasteiger partial charge >= 0.3 is 0 Å². The lowest BCUT2D eigenvalue weighted by Crippen LogP contribution is -2.25. The standard InChI is InChI=1S/C17H31N/c18-7-6-13-4-5-16-10-14-2-1-3-15(9-14)11-17(8-13)12-16/h13-17H,1-12,18H2. The molecular weight excluding hydrogens is 218 g/mol. The highest BCUT2D eigenvalue weighted by Gasteiger charge is 2.34. The minimum atomic E-state index is 0.911. The molecule has 3 aliphatic carbocycles. The van der Waals surface area contributed by atoms with Crippen molar-refractivity contribution in [1.82, 2.24) is 0 Å². The van der Waals surface area contributed by atoms with Crippen molar-refractivity contribution < 1.29 is 0 Å². The molecule has 18 heavy (non-hydrogen) atoms. The summed E-state index contributed by atoms with van der Waals surface area (Å²) in [6.07, 6.45) is 16.7. The average Bonchev–Trinajstić information content (AvgIpc) is 2.52. The van der Waals surface area contributed by atoms with E-state index in [0.717, 1.165) is 36.1 Å². The molecule has 0 saturated heterocycles. The van der Waals surface area contributed by atoms with Crippen molar-refractivity contribution >= 4 is 0 Å². The van der Waals surface area contributed by atoms with Crippen molar-refractivity contribution in [3.8, 4) is 0 Å². The van der Waals surface area contributed by atoms with Crippen LogP contribution in [-0.4, -0.2) is 6.54 Å². The van der Waals surface area contributed by atoms with Gasteiger partial charge in [-0.2, -0.15) is 0 Å². The summed E-state index contributed by atoms with van der Waals surface area (Å²) in [6.45, 7) is 0.911. The first-order valence-electron chi connectivity index (χ1n) is 8.53. The summed E-state index contributed by atoms with van der Waals surface area (Å²) in [4.78, 5) is 0. The summed E-state index contributed by atoms with van der Waals surface area (Å²) in [7, 11) is 0. The topological polar surface area (TPSA) is 26.0 Å². The van der Waals surface area contributed by atoms with Gasteiger partial charge in [0.1, 0.15) is 0 Å². The third kappa shape index (κ3) is 3.10. The molecule has 0 heterocycles. The third-order valence-corrected chi connectivity index (χ3v) is 6.12. The van der Waals surface area contributed by atoms with Crippen molar-refractivity contribution in [2.75, 3.05) is 6.54 Å². The summed E-state index contributed by atoms with van der Waals surface area (Å²) in [6, 6.07) is 0. The van der Waals surface area contributed by atoms with E-state index in [1.165, 1.54) is 32.1 Å². The number of hydrogen-bond acceptors (Lipinski definition) is 1. The number of hydrogen-bond donors (Lipinski definition) is 1. The van der Waals surface area contributed by atoms with Crippen molar-refractivity contribution in [2.24, 2.45) is 35.3 Å². The molecule has 5 unspecified atom stereocenters. The molecule has 3 aliphatic rings. The van der Waals surface area contributed by atoms with Gasteiger partial charge in [0.05, 0.1) is 0 Å². The number of fused-ring (bicyclic) bond motifs is 4. The van der Waals surface area contributed by atoms with Gasteiger partial charge in [-0.15, -0.1) is 0 Å². The highest BCUT2D eigenvalue weighted by Crippen LogP contribution is 2.46. The maximum absolute atomic E-state index is 5.79. The summed E-state index contributed by atoms with van der Waals surface area (Å²) in [5, 5.41) is 0. The van der Waals surface area contributed by atoms with Gasteiger partial charge < -0.3 is 5.73 Å². The van der Waals surface area contributed by atoms with Crippen molar-refractivity contribution in [1.29, 1.82) is 0 Å². The van der Waals surface area contributed by atoms with Gasteiger partial charge in [-0.05, 0) is 74.7 Å². The monoisotopic (exact) mass is 249 g/mol. The Labute approximate surface area is 113 Å². The average molecular weight is 249 g/mol. The molecule has 2 N–H and O–H groups in total. The second-order valence-electron chi connectivity index (χ2n) is 7.59. The van der Waals surface area contributed by atoms with E-state index in [1.807, 2.05) is 0 Å². The van der Waals surface area contributed by atoms with E-state index in [2.05, 4.69) is 0 Å². The lowest BCUT2D eigenvalue weighted by atomic mass is 9.69. The van der Waals surface area contributed by atoms with Gasteiger partial charge in [0, 0.05) is 0 Å². The Kier molecular flexibility index (Phi) is 4.28. The van der Waals surface area contributed by atoms with Gasteiger partial charge in [-0.3, -0.25) is 0 Å². The highest BCUT2D eigenvalue weighted by atomic mass is 14.5. The molecular formula is C17H31N. The minimum Gasteiger partial charge on any atom is -0.330 e. The summed E-state index contributed by atoms with van der Waals surface area (Å²) >= 11 is 0. The van der Waals surface area contributed by atoms with E-state index in [9.17, 15) is 0 Å². The molecule has 1 heteroatoms. The molecule has 104 valence electrons. The van der Waals surface area contributed by atoms with Crippen LogP contribution in [0.3, 0.4) is 0 Å². The zero-order valence-electron chi connectivity index (χ0n) is 11.9. The zero-order valence-corrected chi connectivity index (χ0v) is 11.9. The minimum absolute atomic E-state index is 0.911. The maximum atomic E-state index is 5.79. The third-order valence-electron chi connectivity index (χ3n) is 6.12. The molecule has 0 aromatic heterocycles. The molecule has 0 amide bonds. The molecule has 0 aliphatic heterocycles. The van der Waals surface area contributed by atoms with Gasteiger partial charge in [0.15, 0.2) is 0 Å². The Bertz CT molecular complexity index is 260. The van der Waals surface area contributed by atoms with Gasteiger partial charge in [0.25, 0.3) is 0 Å². The van der Waals surface area contributed by atoms with E-state index in [1.54, 1.807) is 38.5 Å². The van der Waals surface area contributed by atoms with E-state index in [4.69, 9.17) is 5.73 Å². The maximum Gasteiger partial charge on any atom is -0.00746 e. The van der Waals surface area contributed by atoms with Gasteiger partial charge in [0.2, 0.25) is 0 Å². The van der Waals surface area contributed by atoms with E-state index in [-0.39, 0.29) is 0 Å². The van der Waals surface area contributed by atoms with E-state index >= 15 is 0 Å². The highest BCUT2D eigenvalue weighted by molar-refractivity contribution is 4.85. The molecule has 4 bridgehead atoms. The Morgan fingerprint density at radius 2 is 1.28 bits per heavy atom. The molecule has 3 saturated carbocycles. The van der Waals surface area contributed by atoms with Crippen LogP contribution in [-0.2, 0) is 0 Å². The molecule has 0 aromatic carbocycles. The molecule has 5 atom stereocenters. The SMILES string of the molecule is NCCC1CCC2CC3CCCC(C3)CC(C1)C2. The van der Waals surface area contributed by atoms with Crippen LogP contribution in [0.15, 0.2) is 0 Å². The first-order valence-corrected chi connectivity index (χ1v) is 8.53. The van der Waals surface area contributed by atoms with Crippen LogP contribution in [0.1, 0.15) is 70.6 Å². The van der Waals surface area contributed by atoms with E-state index in [0.29, 0.717) is 0 Å². The first-order chi connectivity index (χ1) is 8.83. The molecule has 3 rings (SSSR count). The van der Waals surface area contributed by atoms with Gasteiger partial charge in [-0.25, -0.2) is 0 Å². The van der Waals surface area contributed by atoms with Crippen molar-refractivity contribution in [2.45, 2.75) is 70.6 Å². The van der Waals surface area contributed by atoms with Crippen LogP contribution in [0.2, 0.25) is 0 Å². The van der Waals surface area contributed by atoms with Crippen LogP contribution in [0, 0.1) is 29.6 Å². The largest absolute Gasteiger partial charge is 0.330 e. The second kappa shape index (κ2) is 5.94. The molecule has 1 nitrogen and oxygen atoms in total. The smallest absolute Gasteiger partial charge is 0.00746 e. The number of nitrogens with two attached hydrogens (primary N) is 1. The molecule has 0 radical (unpaired) electrons. The van der Waals surface area contributed by atoms with Crippen molar-refractivity contribution in [3.05, 3.63) is 0 Å². The lowest BCUT2D eigenvalue weighted by Gasteiger charge is -2.37. The fourth-order valence-corrected chi connectivity index (χ4v) is 5.42. The fourth-order valence-electron chi connectivity index (χ4n) is 5.42. The number of rotatable bonds is 2. The Hall–Kier alpha value is -0.0400. The van der Waals surface area contributed by atoms with Gasteiger partial charge in [-0.1, -0.05) is 32.1 Å². The lowest BCUT2D eigenvalue weighted by molar-refractivity contribution is 0.148. The van der Waals surface area contributed by atoms with Crippen LogP contribution < -0.4 is 5.73 Å². The van der Waals surface area contributed by atoms with Crippen LogP contribution in [0.5, 0.6) is 0 Å². The predicted octanol–water partition coefficient (Wildman–Crippen LogP) is 4.36. The van der Waals surface area contributed by atoms with E-state index < -0.39 is 0 Å². The second-order valence-corrected chi connectivity index (χ2v) is 7.59. The van der Waals surface area contributed by atoms with Crippen LogP contribution in [0.4, 0.5) is 0 Å². The molecule has 0 spiro atoms. The van der Waals surface area contributed by atoms with Crippen LogP contribution in [0.25, 0.3) is 0 Å². The molecule has 0 aromatic rings. The Balaban J connectivity index is 1.68. The molecule has 3 fully saturated rings. The van der Waals surface area contributed by atoms with Crippen LogP contribution >= 0.6 is 0 Å². The predicted molar refractivity (Wildman–Crippen MR) is 77.3 cm³/mol. The van der Waals surface area contributed by atoms with Crippen molar-refractivity contribution in [3.63, 3.8) is 0 Å².